The number of rotatable bonds is 6. The molecule has 1 aromatic rings. The molecule has 0 unspecified atom stereocenters. The summed E-state index contributed by atoms with van der Waals surface area (Å²) in [5, 5.41) is 0. The molecular weight excluding hydrogens is 390 g/mol. The highest BCUT2D eigenvalue weighted by Crippen LogP contribution is 2.40. The van der Waals surface area contributed by atoms with Gasteiger partial charge in [0, 0.05) is 50.1 Å². The number of morpholine rings is 1. The van der Waals surface area contributed by atoms with Crippen LogP contribution in [0.3, 0.4) is 0 Å². The molecule has 6 heteroatoms. The molecule has 2 saturated heterocycles. The number of nitrogens with zero attached hydrogens (tertiary/aromatic N) is 3. The van der Waals surface area contributed by atoms with Crippen LogP contribution in [0.1, 0.15) is 36.0 Å². The molecule has 2 aliphatic heterocycles. The van der Waals surface area contributed by atoms with Gasteiger partial charge in [-0.05, 0) is 81.8 Å². The molecule has 0 bridgehead atoms. The summed E-state index contributed by atoms with van der Waals surface area (Å²) in [6.07, 6.45) is 5.18. The van der Waals surface area contributed by atoms with Crippen molar-refractivity contribution in [3.05, 3.63) is 29.8 Å². The first-order valence-electron chi connectivity index (χ1n) is 12.1. The molecule has 2 aliphatic carbocycles. The Balaban J connectivity index is 1.21. The van der Waals surface area contributed by atoms with Crippen molar-refractivity contribution >= 4 is 11.6 Å². The fraction of sp³-hybridized carbons (Fsp3) is 0.720. The van der Waals surface area contributed by atoms with Crippen molar-refractivity contribution in [3.63, 3.8) is 0 Å². The van der Waals surface area contributed by atoms with Gasteiger partial charge in [-0.1, -0.05) is 0 Å². The maximum absolute atomic E-state index is 13.2. The van der Waals surface area contributed by atoms with Crippen molar-refractivity contribution in [2.75, 3.05) is 65.0 Å². The number of likely N-dealkylation sites (N-methyl/N-ethyl adjacent to an activating group) is 1. The molecule has 6 nitrogen and oxygen atoms in total. The van der Waals surface area contributed by atoms with Crippen molar-refractivity contribution in [2.45, 2.75) is 37.8 Å². The van der Waals surface area contributed by atoms with Gasteiger partial charge < -0.3 is 24.2 Å². The van der Waals surface area contributed by atoms with E-state index >= 15 is 0 Å². The normalized spacial score (nSPS) is 31.2. The van der Waals surface area contributed by atoms with Crippen molar-refractivity contribution in [2.24, 2.45) is 17.8 Å². The van der Waals surface area contributed by atoms with E-state index in [1.54, 1.807) is 0 Å². The van der Waals surface area contributed by atoms with E-state index in [1.807, 2.05) is 12.1 Å². The average molecular weight is 428 g/mol. The van der Waals surface area contributed by atoms with E-state index in [2.05, 4.69) is 40.9 Å². The first-order chi connectivity index (χ1) is 15.1. The summed E-state index contributed by atoms with van der Waals surface area (Å²) in [6.45, 7) is 6.06. The summed E-state index contributed by atoms with van der Waals surface area (Å²) >= 11 is 0. The number of fused-ring (bicyclic) bond motifs is 1. The van der Waals surface area contributed by atoms with Crippen LogP contribution >= 0.6 is 0 Å². The molecule has 4 aliphatic rings. The van der Waals surface area contributed by atoms with Crippen LogP contribution in [0.5, 0.6) is 0 Å². The topological polar surface area (TPSA) is 45.2 Å². The largest absolute Gasteiger partial charge is 0.378 e. The minimum absolute atomic E-state index is 0.180. The molecule has 1 amide bonds. The van der Waals surface area contributed by atoms with Crippen LogP contribution in [0.25, 0.3) is 0 Å². The third-order valence-corrected chi connectivity index (χ3v) is 7.77. The second-order valence-corrected chi connectivity index (χ2v) is 10.2. The average Bonchev–Trinajstić information content (AvgIpc) is 3.54. The van der Waals surface area contributed by atoms with Gasteiger partial charge in [0.1, 0.15) is 0 Å². The summed E-state index contributed by atoms with van der Waals surface area (Å²) in [4.78, 5) is 20.0. The second kappa shape index (κ2) is 9.08. The smallest absolute Gasteiger partial charge is 0.253 e. The van der Waals surface area contributed by atoms with Gasteiger partial charge in [-0.25, -0.2) is 0 Å². The van der Waals surface area contributed by atoms with Crippen LogP contribution in [0.15, 0.2) is 24.3 Å². The lowest BCUT2D eigenvalue weighted by Crippen LogP contribution is -2.48. The van der Waals surface area contributed by atoms with Crippen molar-refractivity contribution in [1.29, 1.82) is 0 Å². The van der Waals surface area contributed by atoms with E-state index in [-0.39, 0.29) is 5.91 Å². The Bertz CT molecular complexity index is 758. The minimum Gasteiger partial charge on any atom is -0.378 e. The lowest BCUT2D eigenvalue weighted by atomic mass is 9.77. The summed E-state index contributed by atoms with van der Waals surface area (Å²) in [7, 11) is 4.35. The third kappa shape index (κ3) is 4.76. The molecule has 0 radical (unpaired) electrons. The highest BCUT2D eigenvalue weighted by Gasteiger charge is 2.45. The van der Waals surface area contributed by atoms with Crippen molar-refractivity contribution < 1.29 is 14.3 Å². The zero-order valence-electron chi connectivity index (χ0n) is 19.0. The van der Waals surface area contributed by atoms with Gasteiger partial charge in [0.15, 0.2) is 0 Å². The van der Waals surface area contributed by atoms with Crippen LogP contribution in [-0.4, -0.2) is 87.9 Å². The van der Waals surface area contributed by atoms with Gasteiger partial charge in [0.25, 0.3) is 5.91 Å². The second-order valence-electron chi connectivity index (χ2n) is 10.2. The molecule has 4 atom stereocenters. The maximum Gasteiger partial charge on any atom is 0.253 e. The number of benzene rings is 1. The molecule has 2 saturated carbocycles. The Morgan fingerprint density at radius 1 is 1.06 bits per heavy atom. The predicted octanol–water partition coefficient (Wildman–Crippen LogP) is 2.73. The Labute approximate surface area is 186 Å². The number of carbonyl (C=O) groups is 1. The van der Waals surface area contributed by atoms with Gasteiger partial charge in [-0.15, -0.1) is 0 Å². The molecule has 0 N–H and O–H groups in total. The number of anilines is 1. The maximum atomic E-state index is 13.2. The Kier molecular flexibility index (Phi) is 6.22. The number of hydrogen-bond donors (Lipinski definition) is 0. The summed E-state index contributed by atoms with van der Waals surface area (Å²) in [5.41, 5.74) is 1.99. The highest BCUT2D eigenvalue weighted by atomic mass is 16.5. The van der Waals surface area contributed by atoms with Crippen LogP contribution in [-0.2, 0) is 9.47 Å². The Morgan fingerprint density at radius 3 is 2.39 bits per heavy atom. The summed E-state index contributed by atoms with van der Waals surface area (Å²) in [6, 6.07) is 8.64. The zero-order chi connectivity index (χ0) is 21.4. The van der Waals surface area contributed by atoms with Gasteiger partial charge in [0.2, 0.25) is 0 Å². The van der Waals surface area contributed by atoms with E-state index in [0.717, 1.165) is 70.3 Å². The van der Waals surface area contributed by atoms with E-state index in [1.165, 1.54) is 18.5 Å². The molecule has 1 aromatic carbocycles. The van der Waals surface area contributed by atoms with Crippen molar-refractivity contribution in [1.82, 2.24) is 9.80 Å². The van der Waals surface area contributed by atoms with Crippen LogP contribution in [0.4, 0.5) is 5.69 Å². The fourth-order valence-electron chi connectivity index (χ4n) is 5.64. The number of hydrogen-bond acceptors (Lipinski definition) is 5. The van der Waals surface area contributed by atoms with Gasteiger partial charge in [0.05, 0.1) is 19.3 Å². The summed E-state index contributed by atoms with van der Waals surface area (Å²) < 4.78 is 11.8. The van der Waals surface area contributed by atoms with Gasteiger partial charge >= 0.3 is 0 Å². The van der Waals surface area contributed by atoms with E-state index in [0.29, 0.717) is 24.0 Å². The molecule has 4 fully saturated rings. The van der Waals surface area contributed by atoms with Crippen LogP contribution in [0, 0.1) is 17.8 Å². The fourth-order valence-corrected chi connectivity index (χ4v) is 5.64. The van der Waals surface area contributed by atoms with E-state index in [4.69, 9.17) is 9.47 Å². The molecular formula is C25H37N3O3. The minimum atomic E-state index is 0.180. The quantitative estimate of drug-likeness (QED) is 0.699. The van der Waals surface area contributed by atoms with Gasteiger partial charge in [-0.3, -0.25) is 4.79 Å². The highest BCUT2D eigenvalue weighted by molar-refractivity contribution is 5.94. The molecule has 170 valence electrons. The first-order valence-corrected chi connectivity index (χ1v) is 12.1. The lowest BCUT2D eigenvalue weighted by molar-refractivity contribution is -0.0493. The number of likely N-dealkylation sites (tertiary alicyclic amines) is 1. The Hall–Kier alpha value is -1.63. The van der Waals surface area contributed by atoms with Crippen molar-refractivity contribution in [3.8, 4) is 0 Å². The number of carbonyl (C=O) groups excluding carboxylic acids is 1. The molecule has 0 spiro atoms. The number of ether oxygens (including phenoxy) is 2. The lowest BCUT2D eigenvalue weighted by Gasteiger charge is -2.41. The molecule has 2 heterocycles. The van der Waals surface area contributed by atoms with Crippen LogP contribution < -0.4 is 4.90 Å². The predicted molar refractivity (Wildman–Crippen MR) is 122 cm³/mol. The number of amides is 1. The van der Waals surface area contributed by atoms with E-state index in [9.17, 15) is 4.79 Å². The monoisotopic (exact) mass is 427 g/mol. The van der Waals surface area contributed by atoms with E-state index < -0.39 is 0 Å². The molecule has 5 rings (SSSR count). The standard InChI is InChI=1S/C25H37N3O3/c1-26(2)23-13-20-15-28(16-21(20)14-24(23)31-17-18-3-4-18)25(29)19-5-7-22(8-6-19)27-9-11-30-12-10-27/h5-8,18,20-21,23-24H,3-4,9-17H2,1-2H3/t20-,21+,23-,24-/m1/s1. The Morgan fingerprint density at radius 2 is 1.74 bits per heavy atom. The molecule has 0 aromatic heterocycles. The first kappa shape index (κ1) is 21.2. The molecule has 31 heavy (non-hydrogen) atoms. The zero-order valence-corrected chi connectivity index (χ0v) is 19.0. The van der Waals surface area contributed by atoms with Gasteiger partial charge in [-0.2, -0.15) is 0 Å². The SMILES string of the molecule is CN(C)[C@@H]1C[C@@H]2CN(C(=O)c3ccc(N4CCOCC4)cc3)C[C@@H]2C[C@H]1OCC1CC1. The van der Waals surface area contributed by atoms with Crippen LogP contribution in [0.2, 0.25) is 0 Å². The third-order valence-electron chi connectivity index (χ3n) is 7.77. The summed E-state index contributed by atoms with van der Waals surface area (Å²) in [5.74, 6) is 2.13.